The van der Waals surface area contributed by atoms with Gasteiger partial charge in [0.1, 0.15) is 7.85 Å². The molecule has 0 amide bonds. The first-order chi connectivity index (χ1) is 4.70. The van der Waals surface area contributed by atoms with Gasteiger partial charge in [-0.15, -0.1) is 0 Å². The van der Waals surface area contributed by atoms with Gasteiger partial charge < -0.3 is 0 Å². The predicted octanol–water partition coefficient (Wildman–Crippen LogP) is 0.0780. The Morgan fingerprint density at radius 1 is 1.60 bits per heavy atom. The van der Waals surface area contributed by atoms with Gasteiger partial charge in [-0.25, -0.2) is 0 Å². The molecule has 1 rings (SSSR count). The average molecular weight is 131 g/mol. The lowest BCUT2D eigenvalue weighted by atomic mass is 10.0. The molecular weight excluding hydrogens is 125 g/mol. The molecule has 10 heavy (non-hydrogen) atoms. The minimum Gasteiger partial charge on any atom is -0.294 e. The molecule has 0 saturated heterocycles. The Morgan fingerprint density at radius 2 is 2.30 bits per heavy atom. The van der Waals surface area contributed by atoms with Gasteiger partial charge in [0, 0.05) is 11.8 Å². The van der Waals surface area contributed by atoms with E-state index in [2.05, 4.69) is 4.98 Å². The standard InChI is InChI=1S/C7H6BNO/c1-5(10)6-2-3-7(8)9-4-6/h2-4H,1H3. The van der Waals surface area contributed by atoms with Crippen LogP contribution in [0.4, 0.5) is 0 Å². The topological polar surface area (TPSA) is 30.0 Å². The minimum absolute atomic E-state index is 0.00694. The van der Waals surface area contributed by atoms with E-state index in [4.69, 9.17) is 7.85 Å². The maximum absolute atomic E-state index is 10.7. The molecule has 0 fully saturated rings. The Hall–Kier alpha value is -1.12. The summed E-state index contributed by atoms with van der Waals surface area (Å²) in [5.41, 5.74) is 1.03. The number of pyridine rings is 1. The Labute approximate surface area is 60.7 Å². The van der Waals surface area contributed by atoms with Crippen molar-refractivity contribution in [2.24, 2.45) is 0 Å². The first kappa shape index (κ1) is 7.00. The van der Waals surface area contributed by atoms with Crippen molar-refractivity contribution in [3.8, 4) is 0 Å². The van der Waals surface area contributed by atoms with Crippen molar-refractivity contribution < 1.29 is 4.79 Å². The van der Waals surface area contributed by atoms with E-state index in [0.29, 0.717) is 11.2 Å². The number of hydrogen-bond acceptors (Lipinski definition) is 2. The molecule has 0 aromatic carbocycles. The summed E-state index contributed by atoms with van der Waals surface area (Å²) in [5, 5.41) is 0. The molecule has 2 radical (unpaired) electrons. The van der Waals surface area contributed by atoms with E-state index >= 15 is 0 Å². The van der Waals surface area contributed by atoms with Crippen molar-refractivity contribution in [3.63, 3.8) is 0 Å². The van der Waals surface area contributed by atoms with E-state index in [0.717, 1.165) is 0 Å². The van der Waals surface area contributed by atoms with E-state index in [9.17, 15) is 4.79 Å². The molecule has 48 valence electrons. The Kier molecular flexibility index (Phi) is 1.85. The zero-order valence-electron chi connectivity index (χ0n) is 5.66. The molecule has 1 aromatic heterocycles. The third-order valence-electron chi connectivity index (χ3n) is 1.19. The quantitative estimate of drug-likeness (QED) is 0.399. The van der Waals surface area contributed by atoms with Crippen molar-refractivity contribution in [1.29, 1.82) is 0 Å². The van der Waals surface area contributed by atoms with Crippen LogP contribution in [0.15, 0.2) is 18.3 Å². The molecule has 1 heterocycles. The monoisotopic (exact) mass is 131 g/mol. The lowest BCUT2D eigenvalue weighted by Crippen LogP contribution is -2.08. The van der Waals surface area contributed by atoms with Crippen LogP contribution >= 0.6 is 0 Å². The largest absolute Gasteiger partial charge is 0.294 e. The summed E-state index contributed by atoms with van der Waals surface area (Å²) in [7, 11) is 5.30. The van der Waals surface area contributed by atoms with Crippen LogP contribution in [0.2, 0.25) is 0 Å². The van der Waals surface area contributed by atoms with Crippen molar-refractivity contribution in [2.45, 2.75) is 6.92 Å². The number of ketones is 1. The second kappa shape index (κ2) is 2.65. The van der Waals surface area contributed by atoms with Gasteiger partial charge in [-0.1, -0.05) is 6.07 Å². The summed E-state index contributed by atoms with van der Waals surface area (Å²) >= 11 is 0. The zero-order chi connectivity index (χ0) is 7.56. The van der Waals surface area contributed by atoms with Gasteiger partial charge in [0.2, 0.25) is 0 Å². The fourth-order valence-corrected chi connectivity index (χ4v) is 0.614. The van der Waals surface area contributed by atoms with Crippen LogP contribution in [-0.2, 0) is 0 Å². The number of carbonyl (C=O) groups excluding carboxylic acids is 1. The first-order valence-electron chi connectivity index (χ1n) is 2.92. The summed E-state index contributed by atoms with van der Waals surface area (Å²) < 4.78 is 0. The molecule has 0 N–H and O–H groups in total. The van der Waals surface area contributed by atoms with Gasteiger partial charge in [-0.05, 0) is 18.6 Å². The summed E-state index contributed by atoms with van der Waals surface area (Å²) in [4.78, 5) is 14.4. The number of Topliss-reactive ketones (excluding diaryl/α,β-unsaturated/α-hetero) is 1. The van der Waals surface area contributed by atoms with Gasteiger partial charge in [-0.2, -0.15) is 0 Å². The molecule has 2 nitrogen and oxygen atoms in total. The van der Waals surface area contributed by atoms with Crippen LogP contribution in [0, 0.1) is 0 Å². The molecule has 1 aromatic rings. The van der Waals surface area contributed by atoms with Crippen molar-refractivity contribution in [3.05, 3.63) is 23.9 Å². The highest BCUT2D eigenvalue weighted by atomic mass is 16.1. The number of carbonyl (C=O) groups is 1. The lowest BCUT2D eigenvalue weighted by molar-refractivity contribution is 0.101. The number of nitrogens with zero attached hydrogens (tertiary/aromatic N) is 1. The highest BCUT2D eigenvalue weighted by Gasteiger charge is 1.96. The zero-order valence-corrected chi connectivity index (χ0v) is 5.66. The molecule has 0 saturated carbocycles. The van der Waals surface area contributed by atoms with Gasteiger partial charge in [0.05, 0.1) is 0 Å². The van der Waals surface area contributed by atoms with Crippen LogP contribution in [0.25, 0.3) is 0 Å². The minimum atomic E-state index is 0.00694. The van der Waals surface area contributed by atoms with Gasteiger partial charge in [-0.3, -0.25) is 9.78 Å². The van der Waals surface area contributed by atoms with E-state index < -0.39 is 0 Å². The van der Waals surface area contributed by atoms with Gasteiger partial charge in [0.15, 0.2) is 5.78 Å². The maximum atomic E-state index is 10.7. The SMILES string of the molecule is [B]c1ccc(C(C)=O)cn1. The molecule has 3 heteroatoms. The molecule has 0 bridgehead atoms. The second-order valence-electron chi connectivity index (χ2n) is 2.03. The smallest absolute Gasteiger partial charge is 0.161 e. The van der Waals surface area contributed by atoms with E-state index in [-0.39, 0.29) is 5.78 Å². The number of rotatable bonds is 1. The first-order valence-corrected chi connectivity index (χ1v) is 2.92. The van der Waals surface area contributed by atoms with Crippen molar-refractivity contribution in [2.75, 3.05) is 0 Å². The fourth-order valence-electron chi connectivity index (χ4n) is 0.614. The van der Waals surface area contributed by atoms with Crippen LogP contribution in [0.5, 0.6) is 0 Å². The number of hydrogen-bond donors (Lipinski definition) is 0. The predicted molar refractivity (Wildman–Crippen MR) is 39.6 cm³/mol. The Bertz CT molecular complexity index is 242. The normalized spacial score (nSPS) is 9.30. The third kappa shape index (κ3) is 1.44. The van der Waals surface area contributed by atoms with E-state index in [1.807, 2.05) is 0 Å². The summed E-state index contributed by atoms with van der Waals surface area (Å²) in [5.74, 6) is 0.00694. The molecule has 0 spiro atoms. The lowest BCUT2D eigenvalue weighted by Gasteiger charge is -1.93. The van der Waals surface area contributed by atoms with E-state index in [1.54, 1.807) is 12.1 Å². The second-order valence-corrected chi connectivity index (χ2v) is 2.03. The van der Waals surface area contributed by atoms with Crippen LogP contribution < -0.4 is 5.59 Å². The fraction of sp³-hybridized carbons (Fsp3) is 0.143. The van der Waals surface area contributed by atoms with Crippen LogP contribution in [0.3, 0.4) is 0 Å². The summed E-state index contributed by atoms with van der Waals surface area (Å²) in [6.45, 7) is 1.49. The molecule has 0 aliphatic carbocycles. The van der Waals surface area contributed by atoms with Gasteiger partial charge in [0.25, 0.3) is 0 Å². The molecule has 0 atom stereocenters. The summed E-state index contributed by atoms with van der Waals surface area (Å²) in [6, 6.07) is 3.27. The molecular formula is C7H6BNO. The Balaban J connectivity index is 3.00. The average Bonchev–Trinajstić information content (AvgIpc) is 1.88. The van der Waals surface area contributed by atoms with E-state index in [1.165, 1.54) is 13.1 Å². The Morgan fingerprint density at radius 3 is 2.70 bits per heavy atom. The summed E-state index contributed by atoms with van der Waals surface area (Å²) in [6.07, 6.45) is 1.47. The maximum Gasteiger partial charge on any atom is 0.161 e. The highest BCUT2D eigenvalue weighted by molar-refractivity contribution is 6.30. The van der Waals surface area contributed by atoms with Crippen LogP contribution in [0.1, 0.15) is 17.3 Å². The number of aromatic nitrogens is 1. The molecule has 0 aliphatic rings. The molecule has 0 unspecified atom stereocenters. The van der Waals surface area contributed by atoms with Crippen molar-refractivity contribution >= 4 is 19.2 Å². The third-order valence-corrected chi connectivity index (χ3v) is 1.19. The highest BCUT2D eigenvalue weighted by Crippen LogP contribution is 1.93. The molecule has 0 aliphatic heterocycles. The van der Waals surface area contributed by atoms with Gasteiger partial charge >= 0.3 is 0 Å². The van der Waals surface area contributed by atoms with Crippen LogP contribution in [-0.4, -0.2) is 18.6 Å². The van der Waals surface area contributed by atoms with Crippen molar-refractivity contribution in [1.82, 2.24) is 4.98 Å².